The van der Waals surface area contributed by atoms with Crippen LogP contribution in [0.1, 0.15) is 84.6 Å². The molecule has 0 spiro atoms. The molecule has 0 aromatic heterocycles. The van der Waals surface area contributed by atoms with E-state index in [9.17, 15) is 19.5 Å². The van der Waals surface area contributed by atoms with Gasteiger partial charge in [-0.15, -0.1) is 0 Å². The van der Waals surface area contributed by atoms with Crippen LogP contribution in [0, 0.1) is 11.8 Å². The molecule has 1 aromatic carbocycles. The van der Waals surface area contributed by atoms with E-state index in [2.05, 4.69) is 18.2 Å². The lowest BCUT2D eigenvalue weighted by atomic mass is 9.85. The first-order valence-corrected chi connectivity index (χ1v) is 13.6. The number of benzene rings is 1. The van der Waals surface area contributed by atoms with Crippen LogP contribution >= 0.6 is 0 Å². The molecule has 1 aliphatic rings. The van der Waals surface area contributed by atoms with Crippen LogP contribution in [0.4, 0.5) is 0 Å². The molecular formula is C30H44O7. The quantitative estimate of drug-likeness (QED) is 0.146. The van der Waals surface area contributed by atoms with Gasteiger partial charge < -0.3 is 19.3 Å². The number of allylic oxidation sites excluding steroid dienone is 2. The number of hydrogen-bond acceptors (Lipinski definition) is 7. The Balaban J connectivity index is 1.97. The van der Waals surface area contributed by atoms with Gasteiger partial charge in [0, 0.05) is 38.5 Å². The van der Waals surface area contributed by atoms with Crippen molar-refractivity contribution in [1.29, 1.82) is 0 Å². The Bertz CT molecular complexity index is 864. The summed E-state index contributed by atoms with van der Waals surface area (Å²) in [5.74, 6) is -0.940. The summed E-state index contributed by atoms with van der Waals surface area (Å²) in [5.41, 5.74) is 1.19. The second-order valence-corrected chi connectivity index (χ2v) is 10.3. The Morgan fingerprint density at radius 3 is 2.24 bits per heavy atom. The number of esters is 3. The van der Waals surface area contributed by atoms with E-state index in [1.165, 1.54) is 19.4 Å². The van der Waals surface area contributed by atoms with Gasteiger partial charge in [-0.1, -0.05) is 42.5 Å². The largest absolute Gasteiger partial charge is 0.463 e. The van der Waals surface area contributed by atoms with Crippen molar-refractivity contribution in [3.05, 3.63) is 48.0 Å². The Labute approximate surface area is 221 Å². The summed E-state index contributed by atoms with van der Waals surface area (Å²) in [6.07, 6.45) is 8.48. The fraction of sp³-hybridized carbons (Fsp3) is 0.633. The van der Waals surface area contributed by atoms with Crippen molar-refractivity contribution < 1.29 is 33.7 Å². The van der Waals surface area contributed by atoms with E-state index in [0.29, 0.717) is 44.9 Å². The molecule has 0 bridgehead atoms. The van der Waals surface area contributed by atoms with Crippen molar-refractivity contribution in [2.75, 3.05) is 0 Å². The maximum atomic E-state index is 11.8. The van der Waals surface area contributed by atoms with Crippen LogP contribution in [0.2, 0.25) is 0 Å². The van der Waals surface area contributed by atoms with Crippen molar-refractivity contribution in [2.45, 2.75) is 110 Å². The number of ether oxygens (including phenoxy) is 3. The van der Waals surface area contributed by atoms with Gasteiger partial charge in [0.05, 0.1) is 12.2 Å². The number of aliphatic hydroxyl groups is 1. The zero-order valence-corrected chi connectivity index (χ0v) is 22.8. The molecule has 5 atom stereocenters. The SMILES string of the molecule is CC(=O)O[C@H]1C[C@@H](OC(C)=O)[C@H](CC[C@@H](O)CCc2ccccc2)[C@H]1C/C=C\CCCC(=O)OC(C)C. The van der Waals surface area contributed by atoms with Crippen LogP contribution in [0.15, 0.2) is 42.5 Å². The molecule has 206 valence electrons. The Kier molecular flexibility index (Phi) is 13.4. The molecular weight excluding hydrogens is 472 g/mol. The van der Waals surface area contributed by atoms with E-state index in [1.807, 2.05) is 38.1 Å². The molecule has 1 aliphatic carbocycles. The highest BCUT2D eigenvalue weighted by Crippen LogP contribution is 2.42. The molecule has 0 radical (unpaired) electrons. The second-order valence-electron chi connectivity index (χ2n) is 10.3. The fourth-order valence-electron chi connectivity index (χ4n) is 5.12. The summed E-state index contributed by atoms with van der Waals surface area (Å²) < 4.78 is 16.4. The van der Waals surface area contributed by atoms with E-state index in [0.717, 1.165) is 12.8 Å². The topological polar surface area (TPSA) is 99.1 Å². The molecule has 0 saturated heterocycles. The van der Waals surface area contributed by atoms with Crippen LogP contribution in [0.5, 0.6) is 0 Å². The lowest BCUT2D eigenvalue weighted by Crippen LogP contribution is -2.27. The van der Waals surface area contributed by atoms with Gasteiger partial charge >= 0.3 is 17.9 Å². The first-order chi connectivity index (χ1) is 17.7. The predicted molar refractivity (Wildman–Crippen MR) is 142 cm³/mol. The van der Waals surface area contributed by atoms with Crippen molar-refractivity contribution in [3.8, 4) is 0 Å². The molecule has 7 heteroatoms. The number of carbonyl (C=O) groups excluding carboxylic acids is 3. The number of carbonyl (C=O) groups is 3. The van der Waals surface area contributed by atoms with Gasteiger partial charge in [-0.3, -0.25) is 14.4 Å². The number of hydrogen-bond donors (Lipinski definition) is 1. The summed E-state index contributed by atoms with van der Waals surface area (Å²) in [6, 6.07) is 10.1. The zero-order valence-electron chi connectivity index (χ0n) is 22.8. The highest BCUT2D eigenvalue weighted by Gasteiger charge is 2.45. The minimum Gasteiger partial charge on any atom is -0.463 e. The maximum absolute atomic E-state index is 11.8. The molecule has 7 nitrogen and oxygen atoms in total. The normalized spacial score (nSPS) is 22.2. The molecule has 2 rings (SSSR count). The summed E-state index contributed by atoms with van der Waals surface area (Å²) in [7, 11) is 0. The van der Waals surface area contributed by atoms with Gasteiger partial charge in [0.15, 0.2) is 0 Å². The molecule has 0 unspecified atom stereocenters. The standard InChI is InChI=1S/C30H44O7/c1-21(2)35-30(34)15-11-6-5-10-14-26-27(29(37-23(4)32)20-28(26)36-22(3)31)19-18-25(33)17-16-24-12-8-7-9-13-24/h5,7-10,12-13,21,25-29,33H,6,11,14-20H2,1-4H3/b10-5-/t25-,26+,27+,28-,29+/m0/s1. The molecule has 1 aromatic rings. The summed E-state index contributed by atoms with van der Waals surface area (Å²) in [5, 5.41) is 10.7. The van der Waals surface area contributed by atoms with Gasteiger partial charge in [-0.25, -0.2) is 0 Å². The van der Waals surface area contributed by atoms with E-state index in [1.54, 1.807) is 0 Å². The molecule has 0 aliphatic heterocycles. The van der Waals surface area contributed by atoms with Crippen LogP contribution < -0.4 is 0 Å². The van der Waals surface area contributed by atoms with E-state index in [4.69, 9.17) is 14.2 Å². The first kappa shape index (κ1) is 30.6. The summed E-state index contributed by atoms with van der Waals surface area (Å²) in [4.78, 5) is 35.3. The van der Waals surface area contributed by atoms with E-state index < -0.39 is 6.10 Å². The van der Waals surface area contributed by atoms with Crippen molar-refractivity contribution in [3.63, 3.8) is 0 Å². The fourth-order valence-corrected chi connectivity index (χ4v) is 5.12. The Morgan fingerprint density at radius 1 is 0.973 bits per heavy atom. The molecule has 1 N–H and O–H groups in total. The van der Waals surface area contributed by atoms with Crippen molar-refractivity contribution in [1.82, 2.24) is 0 Å². The molecule has 0 amide bonds. The highest BCUT2D eigenvalue weighted by atomic mass is 16.6. The van der Waals surface area contributed by atoms with Gasteiger partial charge in [-0.05, 0) is 64.4 Å². The van der Waals surface area contributed by atoms with Crippen molar-refractivity contribution >= 4 is 17.9 Å². The van der Waals surface area contributed by atoms with Crippen LogP contribution in [-0.4, -0.2) is 47.4 Å². The maximum Gasteiger partial charge on any atom is 0.306 e. The van der Waals surface area contributed by atoms with Crippen LogP contribution in [0.3, 0.4) is 0 Å². The minimum atomic E-state index is -0.465. The van der Waals surface area contributed by atoms with E-state index >= 15 is 0 Å². The lowest BCUT2D eigenvalue weighted by Gasteiger charge is -2.26. The second kappa shape index (κ2) is 16.2. The third-order valence-electron chi connectivity index (χ3n) is 6.74. The average molecular weight is 517 g/mol. The van der Waals surface area contributed by atoms with Gasteiger partial charge in [0.25, 0.3) is 0 Å². The zero-order chi connectivity index (χ0) is 27.2. The molecule has 0 heterocycles. The third-order valence-corrected chi connectivity index (χ3v) is 6.74. The van der Waals surface area contributed by atoms with E-state index in [-0.39, 0.29) is 48.1 Å². The van der Waals surface area contributed by atoms with Crippen molar-refractivity contribution in [2.24, 2.45) is 11.8 Å². The average Bonchev–Trinajstić information content (AvgIpc) is 3.12. The minimum absolute atomic E-state index is 0.0169. The highest BCUT2D eigenvalue weighted by molar-refractivity contribution is 5.69. The third kappa shape index (κ3) is 11.9. The molecule has 37 heavy (non-hydrogen) atoms. The predicted octanol–water partition coefficient (Wildman–Crippen LogP) is 5.33. The lowest BCUT2D eigenvalue weighted by molar-refractivity contribution is -0.150. The molecule has 1 saturated carbocycles. The Morgan fingerprint density at radius 2 is 1.62 bits per heavy atom. The number of aryl methyl sites for hydroxylation is 1. The summed E-state index contributed by atoms with van der Waals surface area (Å²) in [6.45, 7) is 6.45. The van der Waals surface area contributed by atoms with Crippen LogP contribution in [0.25, 0.3) is 0 Å². The van der Waals surface area contributed by atoms with Crippen LogP contribution in [-0.2, 0) is 35.0 Å². The smallest absolute Gasteiger partial charge is 0.306 e. The van der Waals surface area contributed by atoms with Gasteiger partial charge in [0.2, 0.25) is 0 Å². The van der Waals surface area contributed by atoms with Gasteiger partial charge in [-0.2, -0.15) is 0 Å². The monoisotopic (exact) mass is 516 g/mol. The summed E-state index contributed by atoms with van der Waals surface area (Å²) >= 11 is 0. The number of unbranched alkanes of at least 4 members (excludes halogenated alkanes) is 1. The number of aliphatic hydroxyl groups excluding tert-OH is 1. The van der Waals surface area contributed by atoms with Gasteiger partial charge in [0.1, 0.15) is 12.2 Å². The molecule has 1 fully saturated rings. The number of rotatable bonds is 15. The first-order valence-electron chi connectivity index (χ1n) is 13.6. The Hall–Kier alpha value is -2.67.